The normalized spacial score (nSPS) is 20.2. The topological polar surface area (TPSA) is 62.1 Å². The first kappa shape index (κ1) is 19.8. The molecule has 1 amide bonds. The number of anilines is 1. The first-order valence-corrected chi connectivity index (χ1v) is 10.1. The number of likely N-dealkylation sites (N-methyl/N-ethyl adjacent to an activating group) is 1. The van der Waals surface area contributed by atoms with Gasteiger partial charge in [-0.2, -0.15) is 0 Å². The van der Waals surface area contributed by atoms with Crippen LogP contribution in [0.4, 0.5) is 10.1 Å². The van der Waals surface area contributed by atoms with Gasteiger partial charge in [-0.15, -0.1) is 0 Å². The third-order valence-corrected chi connectivity index (χ3v) is 5.54. The lowest BCUT2D eigenvalue weighted by Crippen LogP contribution is -2.46. The van der Waals surface area contributed by atoms with Gasteiger partial charge >= 0.3 is 0 Å². The van der Waals surface area contributed by atoms with Gasteiger partial charge in [-0.3, -0.25) is 9.69 Å². The van der Waals surface area contributed by atoms with Gasteiger partial charge in [-0.1, -0.05) is 12.1 Å². The number of carbonyl (C=O) groups excluding carboxylic acids is 1. The maximum Gasteiger partial charge on any atom is 0.275 e. The number of hydrogen-bond donors (Lipinski definition) is 0. The van der Waals surface area contributed by atoms with Crippen molar-refractivity contribution in [2.75, 3.05) is 51.3 Å². The van der Waals surface area contributed by atoms with Crippen LogP contribution in [0.1, 0.15) is 29.2 Å². The first-order valence-electron chi connectivity index (χ1n) is 10.1. The van der Waals surface area contributed by atoms with Gasteiger partial charge in [0, 0.05) is 46.4 Å². The molecule has 2 fully saturated rings. The van der Waals surface area contributed by atoms with Gasteiger partial charge in [0.1, 0.15) is 12.1 Å². The molecule has 2 aliphatic rings. The van der Waals surface area contributed by atoms with Gasteiger partial charge in [0.05, 0.1) is 18.3 Å². The Bertz CT molecular complexity index is 829. The molecule has 2 aliphatic heterocycles. The van der Waals surface area contributed by atoms with Crippen LogP contribution in [0.3, 0.4) is 0 Å². The Morgan fingerprint density at radius 2 is 2.07 bits per heavy atom. The Hall–Kier alpha value is -2.45. The molecule has 0 saturated carbocycles. The van der Waals surface area contributed by atoms with Gasteiger partial charge in [0.15, 0.2) is 5.69 Å². The molecule has 1 aromatic carbocycles. The van der Waals surface area contributed by atoms with Crippen molar-refractivity contribution in [3.63, 3.8) is 0 Å². The van der Waals surface area contributed by atoms with E-state index in [2.05, 4.69) is 14.8 Å². The second kappa shape index (κ2) is 8.92. The van der Waals surface area contributed by atoms with Crippen molar-refractivity contribution in [3.8, 4) is 0 Å². The van der Waals surface area contributed by atoms with Crippen LogP contribution in [0, 0.1) is 5.82 Å². The molecule has 3 heterocycles. The molecular formula is C21H27FN4O3. The van der Waals surface area contributed by atoms with E-state index in [-0.39, 0.29) is 17.8 Å². The number of aromatic nitrogens is 1. The number of nitrogens with zero attached hydrogens (tertiary/aromatic N) is 4. The second-order valence-electron chi connectivity index (χ2n) is 7.66. The second-order valence-corrected chi connectivity index (χ2v) is 7.66. The summed E-state index contributed by atoms with van der Waals surface area (Å²) < 4.78 is 25.1. The highest BCUT2D eigenvalue weighted by Gasteiger charge is 2.24. The molecule has 0 radical (unpaired) electrons. The Morgan fingerprint density at radius 1 is 1.28 bits per heavy atom. The summed E-state index contributed by atoms with van der Waals surface area (Å²) in [6.45, 7) is 4.89. The fourth-order valence-corrected chi connectivity index (χ4v) is 3.90. The van der Waals surface area contributed by atoms with Crippen LogP contribution in [0.2, 0.25) is 0 Å². The Kier molecular flexibility index (Phi) is 6.10. The summed E-state index contributed by atoms with van der Waals surface area (Å²) >= 11 is 0. The predicted molar refractivity (Wildman–Crippen MR) is 106 cm³/mol. The van der Waals surface area contributed by atoms with Crippen molar-refractivity contribution in [3.05, 3.63) is 47.9 Å². The minimum absolute atomic E-state index is 0.112. The lowest BCUT2D eigenvalue weighted by molar-refractivity contribution is 0.0582. The van der Waals surface area contributed by atoms with Crippen molar-refractivity contribution in [1.82, 2.24) is 14.8 Å². The zero-order valence-electron chi connectivity index (χ0n) is 16.7. The maximum atomic E-state index is 14.0. The van der Waals surface area contributed by atoms with E-state index in [4.69, 9.17) is 9.15 Å². The molecule has 2 saturated heterocycles. The number of rotatable bonds is 6. The van der Waals surface area contributed by atoms with Crippen molar-refractivity contribution in [2.24, 2.45) is 0 Å². The van der Waals surface area contributed by atoms with E-state index in [1.54, 1.807) is 18.0 Å². The molecule has 0 N–H and O–H groups in total. The summed E-state index contributed by atoms with van der Waals surface area (Å²) in [5, 5.41) is 0. The summed E-state index contributed by atoms with van der Waals surface area (Å²) in [6.07, 6.45) is 3.58. The summed E-state index contributed by atoms with van der Waals surface area (Å²) in [6, 6.07) is 6.85. The van der Waals surface area contributed by atoms with E-state index in [1.165, 1.54) is 12.3 Å². The maximum absolute atomic E-state index is 14.0. The molecule has 156 valence electrons. The van der Waals surface area contributed by atoms with Crippen molar-refractivity contribution < 1.29 is 18.3 Å². The van der Waals surface area contributed by atoms with Gasteiger partial charge in [-0.25, -0.2) is 9.37 Å². The largest absolute Gasteiger partial charge is 0.447 e. The minimum atomic E-state index is -0.191. The number of oxazole rings is 1. The molecule has 0 bridgehead atoms. The number of amides is 1. The Labute approximate surface area is 170 Å². The van der Waals surface area contributed by atoms with Crippen LogP contribution in [-0.4, -0.2) is 73.2 Å². The van der Waals surface area contributed by atoms with Crippen molar-refractivity contribution >= 4 is 11.6 Å². The highest BCUT2D eigenvalue weighted by molar-refractivity contribution is 5.91. The van der Waals surface area contributed by atoms with Gasteiger partial charge in [0.2, 0.25) is 5.89 Å². The number of carbonyl (C=O) groups is 1. The number of para-hydroxylation sites is 1. The molecule has 29 heavy (non-hydrogen) atoms. The Balaban J connectivity index is 1.28. The van der Waals surface area contributed by atoms with Crippen LogP contribution < -0.4 is 4.90 Å². The summed E-state index contributed by atoms with van der Waals surface area (Å²) in [7, 11) is 1.76. The number of ether oxygens (including phenoxy) is 1. The summed E-state index contributed by atoms with van der Waals surface area (Å²) in [4.78, 5) is 22.8. The van der Waals surface area contributed by atoms with Gasteiger partial charge in [-0.05, 0) is 25.0 Å². The van der Waals surface area contributed by atoms with Gasteiger partial charge in [0.25, 0.3) is 5.91 Å². The lowest BCUT2D eigenvalue weighted by atomic mass is 10.2. The van der Waals surface area contributed by atoms with Crippen LogP contribution in [0.25, 0.3) is 0 Å². The average Bonchev–Trinajstić information content (AvgIpc) is 3.41. The number of halogens is 1. The highest BCUT2D eigenvalue weighted by Crippen LogP contribution is 2.21. The van der Waals surface area contributed by atoms with Crippen LogP contribution >= 0.6 is 0 Å². The zero-order valence-corrected chi connectivity index (χ0v) is 16.7. The number of piperazine rings is 1. The van der Waals surface area contributed by atoms with E-state index in [9.17, 15) is 9.18 Å². The van der Waals surface area contributed by atoms with Crippen molar-refractivity contribution in [2.45, 2.75) is 25.5 Å². The van der Waals surface area contributed by atoms with Gasteiger partial charge < -0.3 is 19.0 Å². The Morgan fingerprint density at radius 3 is 2.79 bits per heavy atom. The van der Waals surface area contributed by atoms with Crippen LogP contribution in [0.5, 0.6) is 0 Å². The van der Waals surface area contributed by atoms with E-state index in [0.29, 0.717) is 30.4 Å². The molecular weight excluding hydrogens is 375 g/mol. The summed E-state index contributed by atoms with van der Waals surface area (Å²) in [5.74, 6) is 0.182. The first-order chi connectivity index (χ1) is 14.1. The lowest BCUT2D eigenvalue weighted by Gasteiger charge is -2.35. The van der Waals surface area contributed by atoms with Crippen molar-refractivity contribution in [1.29, 1.82) is 0 Å². The molecule has 1 aromatic heterocycles. The number of benzene rings is 1. The minimum Gasteiger partial charge on any atom is -0.447 e. The standard InChI is InChI=1S/C21H27FN4O3/c1-24(13-16-5-4-12-28-16)21(27)18-15-29-20(23-18)14-25-8-10-26(11-9-25)19-7-3-2-6-17(19)22/h2-3,6-7,15-16H,4-5,8-14H2,1H3. The predicted octanol–water partition coefficient (Wildman–Crippen LogP) is 2.39. The molecule has 4 rings (SSSR count). The fourth-order valence-electron chi connectivity index (χ4n) is 3.90. The smallest absolute Gasteiger partial charge is 0.275 e. The van der Waals surface area contributed by atoms with E-state index in [1.807, 2.05) is 12.1 Å². The molecule has 0 spiro atoms. The molecule has 7 nitrogen and oxygen atoms in total. The highest BCUT2D eigenvalue weighted by atomic mass is 19.1. The molecule has 0 aliphatic carbocycles. The summed E-state index contributed by atoms with van der Waals surface area (Å²) in [5.41, 5.74) is 0.968. The third kappa shape index (κ3) is 4.76. The van der Waals surface area contributed by atoms with Crippen LogP contribution in [-0.2, 0) is 11.3 Å². The number of hydrogen-bond acceptors (Lipinski definition) is 6. The van der Waals surface area contributed by atoms with E-state index < -0.39 is 0 Å². The molecule has 1 atom stereocenters. The fraction of sp³-hybridized carbons (Fsp3) is 0.524. The SMILES string of the molecule is CN(CC1CCCO1)C(=O)c1coc(CN2CCN(c3ccccc3F)CC2)n1. The van der Waals surface area contributed by atoms with E-state index >= 15 is 0 Å². The van der Waals surface area contributed by atoms with Crippen LogP contribution in [0.15, 0.2) is 34.9 Å². The molecule has 2 aromatic rings. The molecule has 1 unspecified atom stereocenters. The molecule has 8 heteroatoms. The van der Waals surface area contributed by atoms with E-state index in [0.717, 1.165) is 45.6 Å². The monoisotopic (exact) mass is 402 g/mol. The quantitative estimate of drug-likeness (QED) is 0.739. The third-order valence-electron chi connectivity index (χ3n) is 5.54. The average molecular weight is 402 g/mol. The zero-order chi connectivity index (χ0) is 20.2.